The summed E-state index contributed by atoms with van der Waals surface area (Å²) in [5, 5.41) is 11.9. The van der Waals surface area contributed by atoms with Gasteiger partial charge in [0.25, 0.3) is 0 Å². The van der Waals surface area contributed by atoms with Crippen LogP contribution in [0.25, 0.3) is 0 Å². The van der Waals surface area contributed by atoms with E-state index in [-0.39, 0.29) is 5.75 Å². The van der Waals surface area contributed by atoms with Crippen LogP contribution in [0.2, 0.25) is 0 Å². The molecule has 0 aliphatic rings. The molecular weight excluding hydrogens is 270 g/mol. The highest BCUT2D eigenvalue weighted by molar-refractivity contribution is 6.17. The molecule has 108 valence electrons. The molecule has 0 bridgehead atoms. The number of carbonyl (C=O) groups excluding carboxylic acids is 2. The number of urea groups is 1. The van der Waals surface area contributed by atoms with Gasteiger partial charge in [-0.1, -0.05) is 12.1 Å². The summed E-state index contributed by atoms with van der Waals surface area (Å²) in [6, 6.07) is 11.9. The predicted octanol–water partition coefficient (Wildman–Crippen LogP) is 2.56. The lowest BCUT2D eigenvalue weighted by Gasteiger charge is -2.20. The normalized spacial score (nSPS) is 9.95. The molecule has 0 unspecified atom stereocenters. The highest BCUT2D eigenvalue weighted by Gasteiger charge is 2.20. The number of hydrogen-bond acceptors (Lipinski definition) is 4. The molecular formula is C15H15N3O3. The number of anilines is 3. The zero-order valence-electron chi connectivity index (χ0n) is 11.4. The van der Waals surface area contributed by atoms with E-state index < -0.39 is 11.9 Å². The van der Waals surface area contributed by atoms with E-state index in [0.29, 0.717) is 17.1 Å². The van der Waals surface area contributed by atoms with E-state index >= 15 is 0 Å². The number of carbonyl (C=O) groups is 2. The Balaban J connectivity index is 2.26. The van der Waals surface area contributed by atoms with Crippen LogP contribution in [0, 0.1) is 0 Å². The number of phenolic OH excluding ortho intramolecular Hbond substituents is 1. The molecule has 2 aromatic rings. The zero-order valence-corrected chi connectivity index (χ0v) is 11.4. The van der Waals surface area contributed by atoms with E-state index in [9.17, 15) is 14.7 Å². The minimum Gasteiger partial charge on any atom is -0.508 e. The largest absolute Gasteiger partial charge is 0.508 e. The van der Waals surface area contributed by atoms with E-state index in [4.69, 9.17) is 5.73 Å². The lowest BCUT2D eigenvalue weighted by Crippen LogP contribution is -2.38. The van der Waals surface area contributed by atoms with Gasteiger partial charge in [-0.25, -0.2) is 9.69 Å². The molecule has 6 nitrogen and oxygen atoms in total. The Kier molecular flexibility index (Phi) is 4.08. The minimum absolute atomic E-state index is 0.0196. The van der Waals surface area contributed by atoms with Gasteiger partial charge in [0.2, 0.25) is 5.91 Å². The maximum Gasteiger partial charge on any atom is 0.333 e. The maximum absolute atomic E-state index is 12.2. The Bertz CT molecular complexity index is 685. The number of imide groups is 1. The molecule has 0 fully saturated rings. The lowest BCUT2D eigenvalue weighted by atomic mass is 10.2. The fourth-order valence-corrected chi connectivity index (χ4v) is 1.87. The molecule has 0 atom stereocenters. The summed E-state index contributed by atoms with van der Waals surface area (Å²) in [5.41, 5.74) is 6.87. The number of nitrogens with two attached hydrogens (primary N) is 1. The van der Waals surface area contributed by atoms with Crippen molar-refractivity contribution in [3.8, 4) is 5.75 Å². The summed E-state index contributed by atoms with van der Waals surface area (Å²) in [6.45, 7) is 1.28. The van der Waals surface area contributed by atoms with E-state index in [1.165, 1.54) is 25.1 Å². The first-order chi connectivity index (χ1) is 9.97. The standard InChI is InChI=1S/C15H15N3O3/c1-10(19)18(13-6-2-4-11(16)8-13)15(21)17-12-5-3-7-14(20)9-12/h2-9,20H,16H2,1H3,(H,17,21). The lowest BCUT2D eigenvalue weighted by molar-refractivity contribution is -0.115. The molecule has 0 heterocycles. The second kappa shape index (κ2) is 5.96. The Morgan fingerprint density at radius 1 is 1.14 bits per heavy atom. The monoisotopic (exact) mass is 285 g/mol. The van der Waals surface area contributed by atoms with Crippen molar-refractivity contribution in [2.75, 3.05) is 16.0 Å². The molecule has 0 aromatic heterocycles. The number of aromatic hydroxyl groups is 1. The quantitative estimate of drug-likeness (QED) is 0.739. The highest BCUT2D eigenvalue weighted by Crippen LogP contribution is 2.20. The first kappa shape index (κ1) is 14.4. The van der Waals surface area contributed by atoms with Crippen LogP contribution in [0.3, 0.4) is 0 Å². The van der Waals surface area contributed by atoms with Crippen molar-refractivity contribution in [3.63, 3.8) is 0 Å². The summed E-state index contributed by atoms with van der Waals surface area (Å²) >= 11 is 0. The average molecular weight is 285 g/mol. The summed E-state index contributed by atoms with van der Waals surface area (Å²) in [7, 11) is 0. The molecule has 2 aromatic carbocycles. The fourth-order valence-electron chi connectivity index (χ4n) is 1.87. The SMILES string of the molecule is CC(=O)N(C(=O)Nc1cccc(O)c1)c1cccc(N)c1. The van der Waals surface area contributed by atoms with Gasteiger partial charge in [-0.15, -0.1) is 0 Å². The van der Waals surface area contributed by atoms with Crippen molar-refractivity contribution in [2.24, 2.45) is 0 Å². The predicted molar refractivity (Wildman–Crippen MR) is 81.1 cm³/mol. The summed E-state index contributed by atoms with van der Waals surface area (Å²) < 4.78 is 0. The minimum atomic E-state index is -0.626. The van der Waals surface area contributed by atoms with Crippen molar-refractivity contribution < 1.29 is 14.7 Å². The smallest absolute Gasteiger partial charge is 0.333 e. The summed E-state index contributed by atoms with van der Waals surface area (Å²) in [5.74, 6) is -0.426. The molecule has 4 N–H and O–H groups in total. The van der Waals surface area contributed by atoms with Crippen LogP contribution in [-0.4, -0.2) is 17.0 Å². The van der Waals surface area contributed by atoms with E-state index in [2.05, 4.69) is 5.32 Å². The van der Waals surface area contributed by atoms with E-state index in [1.807, 2.05) is 0 Å². The molecule has 2 rings (SSSR count). The number of nitrogen functional groups attached to an aromatic ring is 1. The van der Waals surface area contributed by atoms with E-state index in [1.54, 1.807) is 30.3 Å². The van der Waals surface area contributed by atoms with Crippen LogP contribution in [-0.2, 0) is 4.79 Å². The van der Waals surface area contributed by atoms with Gasteiger partial charge >= 0.3 is 6.03 Å². The van der Waals surface area contributed by atoms with Gasteiger partial charge in [0.15, 0.2) is 0 Å². The molecule has 6 heteroatoms. The average Bonchev–Trinajstić information content (AvgIpc) is 2.38. The first-order valence-electron chi connectivity index (χ1n) is 6.23. The van der Waals surface area contributed by atoms with Crippen LogP contribution in [0.15, 0.2) is 48.5 Å². The Morgan fingerprint density at radius 3 is 2.48 bits per heavy atom. The van der Waals surface area contributed by atoms with Crippen LogP contribution in [0.1, 0.15) is 6.92 Å². The molecule has 0 aliphatic heterocycles. The molecule has 0 saturated heterocycles. The fraction of sp³-hybridized carbons (Fsp3) is 0.0667. The van der Waals surface area contributed by atoms with Gasteiger partial charge in [0, 0.05) is 24.4 Å². The second-order valence-electron chi connectivity index (χ2n) is 4.43. The zero-order chi connectivity index (χ0) is 15.4. The van der Waals surface area contributed by atoms with Gasteiger partial charge in [0.05, 0.1) is 5.69 Å². The number of hydrogen-bond donors (Lipinski definition) is 3. The van der Waals surface area contributed by atoms with Crippen LogP contribution < -0.4 is 16.0 Å². The highest BCUT2D eigenvalue weighted by atomic mass is 16.3. The molecule has 0 aliphatic carbocycles. The number of phenols is 1. The molecule has 0 spiro atoms. The van der Waals surface area contributed by atoms with Crippen LogP contribution in [0.5, 0.6) is 5.75 Å². The Labute approximate surface area is 121 Å². The third kappa shape index (κ3) is 3.50. The number of nitrogens with one attached hydrogen (secondary N) is 1. The second-order valence-corrected chi connectivity index (χ2v) is 4.43. The molecule has 21 heavy (non-hydrogen) atoms. The van der Waals surface area contributed by atoms with Gasteiger partial charge < -0.3 is 16.2 Å². The van der Waals surface area contributed by atoms with Crippen molar-refractivity contribution in [1.29, 1.82) is 0 Å². The number of rotatable bonds is 2. The topological polar surface area (TPSA) is 95.7 Å². The Morgan fingerprint density at radius 2 is 1.86 bits per heavy atom. The van der Waals surface area contributed by atoms with Crippen molar-refractivity contribution in [1.82, 2.24) is 0 Å². The van der Waals surface area contributed by atoms with E-state index in [0.717, 1.165) is 4.90 Å². The number of amides is 3. The van der Waals surface area contributed by atoms with Gasteiger partial charge in [-0.3, -0.25) is 4.79 Å². The molecule has 0 saturated carbocycles. The van der Waals surface area contributed by atoms with Gasteiger partial charge in [-0.2, -0.15) is 0 Å². The first-order valence-corrected chi connectivity index (χ1v) is 6.23. The summed E-state index contributed by atoms with van der Waals surface area (Å²) in [6.07, 6.45) is 0. The Hall–Kier alpha value is -3.02. The number of benzene rings is 2. The van der Waals surface area contributed by atoms with Crippen LogP contribution in [0.4, 0.5) is 21.9 Å². The van der Waals surface area contributed by atoms with Gasteiger partial charge in [-0.05, 0) is 30.3 Å². The van der Waals surface area contributed by atoms with Gasteiger partial charge in [0.1, 0.15) is 5.75 Å². The van der Waals surface area contributed by atoms with Crippen molar-refractivity contribution >= 4 is 29.0 Å². The van der Waals surface area contributed by atoms with Crippen molar-refractivity contribution in [3.05, 3.63) is 48.5 Å². The van der Waals surface area contributed by atoms with Crippen LogP contribution >= 0.6 is 0 Å². The number of nitrogens with zero attached hydrogens (tertiary/aromatic N) is 1. The third-order valence-corrected chi connectivity index (χ3v) is 2.74. The molecule has 3 amide bonds. The maximum atomic E-state index is 12.2. The summed E-state index contributed by atoms with van der Waals surface area (Å²) in [4.78, 5) is 25.0. The van der Waals surface area contributed by atoms with Crippen molar-refractivity contribution in [2.45, 2.75) is 6.92 Å². The molecule has 0 radical (unpaired) electrons. The third-order valence-electron chi connectivity index (χ3n) is 2.74.